The van der Waals surface area contributed by atoms with Crippen LogP contribution in [0.25, 0.3) is 11.0 Å². The van der Waals surface area contributed by atoms with Crippen molar-refractivity contribution in [2.24, 2.45) is 0 Å². The minimum absolute atomic E-state index is 0.128. The summed E-state index contributed by atoms with van der Waals surface area (Å²) in [6.07, 6.45) is 4.83. The first kappa shape index (κ1) is 18.3. The summed E-state index contributed by atoms with van der Waals surface area (Å²) < 4.78 is 5.49. The van der Waals surface area contributed by atoms with Crippen molar-refractivity contribution in [3.63, 3.8) is 0 Å². The largest absolute Gasteiger partial charge is 0.356 e. The number of benzene rings is 1. The lowest BCUT2D eigenvalue weighted by atomic mass is 9.91. The Labute approximate surface area is 170 Å². The monoisotopic (exact) mass is 390 g/mol. The minimum Gasteiger partial charge on any atom is -0.356 e. The van der Waals surface area contributed by atoms with Gasteiger partial charge in [-0.05, 0) is 63.0 Å². The van der Waals surface area contributed by atoms with Crippen molar-refractivity contribution in [2.75, 3.05) is 32.7 Å². The lowest BCUT2D eigenvalue weighted by molar-refractivity contribution is 0.0709. The lowest BCUT2D eigenvalue weighted by Gasteiger charge is -2.34. The van der Waals surface area contributed by atoms with E-state index >= 15 is 0 Å². The molecule has 0 N–H and O–H groups in total. The molecule has 1 amide bonds. The molecule has 6 nitrogen and oxygen atoms in total. The van der Waals surface area contributed by atoms with Gasteiger partial charge in [-0.2, -0.15) is 0 Å². The number of carbonyl (C=O) groups excluding carboxylic acids is 1. The van der Waals surface area contributed by atoms with Gasteiger partial charge in [0.1, 0.15) is 0 Å². The van der Waals surface area contributed by atoms with E-state index in [1.165, 1.54) is 0 Å². The van der Waals surface area contributed by atoms with Crippen molar-refractivity contribution < 1.29 is 9.32 Å². The fraction of sp³-hybridized carbons (Fsp3) is 0.435. The predicted molar refractivity (Wildman–Crippen MR) is 111 cm³/mol. The van der Waals surface area contributed by atoms with Crippen LogP contribution in [0.4, 0.5) is 0 Å². The van der Waals surface area contributed by atoms with Gasteiger partial charge in [-0.3, -0.25) is 9.78 Å². The minimum atomic E-state index is 0.128. The standard InChI is InChI=1S/C23H26N4O2/c1-16-14-18-8-11-27(23(28)20(18)15-24-16)13-12-26-9-6-17(7-10-26)22-19-4-2-3-5-21(19)29-25-22/h2-5,14-15,17H,6-13H2,1H3. The van der Waals surface area contributed by atoms with Crippen LogP contribution in [-0.2, 0) is 6.42 Å². The molecule has 150 valence electrons. The maximum atomic E-state index is 12.8. The van der Waals surface area contributed by atoms with E-state index in [1.807, 2.05) is 36.1 Å². The molecule has 3 aromatic rings. The first-order valence-corrected chi connectivity index (χ1v) is 10.5. The van der Waals surface area contributed by atoms with Gasteiger partial charge in [0.05, 0.1) is 11.3 Å². The van der Waals surface area contributed by atoms with E-state index in [2.05, 4.69) is 21.1 Å². The van der Waals surface area contributed by atoms with Crippen LogP contribution in [0, 0.1) is 6.92 Å². The van der Waals surface area contributed by atoms with E-state index in [1.54, 1.807) is 6.20 Å². The number of pyridine rings is 1. The number of carbonyl (C=O) groups is 1. The lowest BCUT2D eigenvalue weighted by Crippen LogP contribution is -2.44. The van der Waals surface area contributed by atoms with Gasteiger partial charge in [0, 0.05) is 42.8 Å². The Kier molecular flexibility index (Phi) is 4.79. The van der Waals surface area contributed by atoms with Crippen LogP contribution >= 0.6 is 0 Å². The SMILES string of the molecule is Cc1cc2c(cn1)C(=O)N(CCN1CCC(c3noc4ccccc34)CC1)CC2. The summed E-state index contributed by atoms with van der Waals surface area (Å²) in [7, 11) is 0. The van der Waals surface area contributed by atoms with E-state index in [0.29, 0.717) is 5.92 Å². The van der Waals surface area contributed by atoms with E-state index in [9.17, 15) is 4.79 Å². The topological polar surface area (TPSA) is 62.5 Å². The number of aromatic nitrogens is 2. The number of likely N-dealkylation sites (tertiary alicyclic amines) is 1. The van der Waals surface area contributed by atoms with Crippen molar-refractivity contribution in [3.8, 4) is 0 Å². The number of hydrogen-bond donors (Lipinski definition) is 0. The highest BCUT2D eigenvalue weighted by molar-refractivity contribution is 5.96. The summed E-state index contributed by atoms with van der Waals surface area (Å²) in [5, 5.41) is 5.49. The predicted octanol–water partition coefficient (Wildman–Crippen LogP) is 3.41. The molecule has 0 radical (unpaired) electrons. The number of rotatable bonds is 4. The van der Waals surface area contributed by atoms with Gasteiger partial charge in [0.2, 0.25) is 0 Å². The number of aryl methyl sites for hydroxylation is 1. The molecule has 6 heteroatoms. The fourth-order valence-electron chi connectivity index (χ4n) is 4.65. The van der Waals surface area contributed by atoms with E-state index in [4.69, 9.17) is 4.52 Å². The van der Waals surface area contributed by atoms with Crippen LogP contribution < -0.4 is 0 Å². The Morgan fingerprint density at radius 3 is 2.83 bits per heavy atom. The highest BCUT2D eigenvalue weighted by atomic mass is 16.5. The smallest absolute Gasteiger partial charge is 0.255 e. The summed E-state index contributed by atoms with van der Waals surface area (Å²) in [5.41, 5.74) is 4.87. The molecular weight excluding hydrogens is 364 g/mol. The third-order valence-electron chi connectivity index (χ3n) is 6.36. The highest BCUT2D eigenvalue weighted by Crippen LogP contribution is 2.32. The van der Waals surface area contributed by atoms with Crippen molar-refractivity contribution in [2.45, 2.75) is 32.1 Å². The number of amides is 1. The van der Waals surface area contributed by atoms with Gasteiger partial charge in [-0.1, -0.05) is 17.3 Å². The summed E-state index contributed by atoms with van der Waals surface area (Å²) in [4.78, 5) is 21.5. The van der Waals surface area contributed by atoms with Crippen molar-refractivity contribution >= 4 is 16.9 Å². The average Bonchev–Trinajstić information content (AvgIpc) is 3.18. The summed E-state index contributed by atoms with van der Waals surface area (Å²) in [6.45, 7) is 6.55. The molecule has 0 aliphatic carbocycles. The van der Waals surface area contributed by atoms with E-state index in [-0.39, 0.29) is 5.91 Å². The van der Waals surface area contributed by atoms with E-state index in [0.717, 1.165) is 85.5 Å². The maximum Gasteiger partial charge on any atom is 0.255 e. The van der Waals surface area contributed by atoms with Crippen LogP contribution in [0.15, 0.2) is 41.1 Å². The second kappa shape index (κ2) is 7.59. The molecule has 0 bridgehead atoms. The molecule has 1 saturated heterocycles. The molecule has 2 aliphatic heterocycles. The van der Waals surface area contributed by atoms with Gasteiger partial charge in [-0.15, -0.1) is 0 Å². The zero-order valence-corrected chi connectivity index (χ0v) is 16.8. The number of piperidine rings is 1. The number of fused-ring (bicyclic) bond motifs is 2. The number of nitrogens with zero attached hydrogens (tertiary/aromatic N) is 4. The summed E-state index contributed by atoms with van der Waals surface area (Å²) in [6, 6.07) is 10.2. The van der Waals surface area contributed by atoms with Crippen molar-refractivity contribution in [1.29, 1.82) is 0 Å². The molecule has 1 fully saturated rings. The molecule has 1 aromatic carbocycles. The average molecular weight is 390 g/mol. The first-order valence-electron chi connectivity index (χ1n) is 10.5. The normalized spacial score (nSPS) is 18.4. The third kappa shape index (κ3) is 3.53. The molecule has 0 saturated carbocycles. The van der Waals surface area contributed by atoms with Crippen LogP contribution in [0.5, 0.6) is 0 Å². The molecule has 2 aromatic heterocycles. The van der Waals surface area contributed by atoms with Gasteiger partial charge in [0.25, 0.3) is 5.91 Å². The molecular formula is C23H26N4O2. The molecule has 29 heavy (non-hydrogen) atoms. The second-order valence-electron chi connectivity index (χ2n) is 8.20. The Balaban J connectivity index is 1.17. The Morgan fingerprint density at radius 1 is 1.14 bits per heavy atom. The fourth-order valence-corrected chi connectivity index (χ4v) is 4.65. The van der Waals surface area contributed by atoms with Gasteiger partial charge >= 0.3 is 0 Å². The van der Waals surface area contributed by atoms with Crippen molar-refractivity contribution in [1.82, 2.24) is 19.9 Å². The first-order chi connectivity index (χ1) is 14.2. The van der Waals surface area contributed by atoms with Crippen molar-refractivity contribution in [3.05, 3.63) is 59.0 Å². The zero-order valence-electron chi connectivity index (χ0n) is 16.8. The highest BCUT2D eigenvalue weighted by Gasteiger charge is 2.27. The van der Waals surface area contributed by atoms with Gasteiger partial charge in [0.15, 0.2) is 5.58 Å². The molecule has 0 atom stereocenters. The third-order valence-corrected chi connectivity index (χ3v) is 6.36. The van der Waals surface area contributed by atoms with Gasteiger partial charge in [-0.25, -0.2) is 0 Å². The van der Waals surface area contributed by atoms with Crippen LogP contribution in [0.1, 0.15) is 46.1 Å². The quantitative estimate of drug-likeness (QED) is 0.683. The number of para-hydroxylation sites is 1. The number of hydrogen-bond acceptors (Lipinski definition) is 5. The van der Waals surface area contributed by atoms with E-state index < -0.39 is 0 Å². The van der Waals surface area contributed by atoms with Crippen LogP contribution in [0.3, 0.4) is 0 Å². The summed E-state index contributed by atoms with van der Waals surface area (Å²) in [5.74, 6) is 0.579. The molecule has 0 unspecified atom stereocenters. The Bertz CT molecular complexity index is 1040. The Morgan fingerprint density at radius 2 is 1.97 bits per heavy atom. The molecule has 4 heterocycles. The summed E-state index contributed by atoms with van der Waals surface area (Å²) >= 11 is 0. The molecule has 5 rings (SSSR count). The Hall–Kier alpha value is -2.73. The zero-order chi connectivity index (χ0) is 19.8. The van der Waals surface area contributed by atoms with Gasteiger partial charge < -0.3 is 14.3 Å². The molecule has 0 spiro atoms. The van der Waals surface area contributed by atoms with Crippen LogP contribution in [0.2, 0.25) is 0 Å². The maximum absolute atomic E-state index is 12.8. The second-order valence-corrected chi connectivity index (χ2v) is 8.20. The molecule has 2 aliphatic rings. The van der Waals surface area contributed by atoms with Crippen LogP contribution in [-0.4, -0.2) is 58.6 Å².